The zero-order chi connectivity index (χ0) is 9.97. The van der Waals surface area contributed by atoms with Crippen LogP contribution in [0.5, 0.6) is 5.75 Å². The zero-order valence-electron chi connectivity index (χ0n) is 7.49. The second kappa shape index (κ2) is 3.67. The van der Waals surface area contributed by atoms with Gasteiger partial charge in [0, 0.05) is 5.56 Å². The summed E-state index contributed by atoms with van der Waals surface area (Å²) in [7, 11) is 1.62. The van der Waals surface area contributed by atoms with Crippen molar-refractivity contribution in [3.63, 3.8) is 0 Å². The van der Waals surface area contributed by atoms with Gasteiger partial charge in [-0.3, -0.25) is 0 Å². The van der Waals surface area contributed by atoms with E-state index in [-0.39, 0.29) is 0 Å². The normalized spacial score (nSPS) is 10.1. The maximum atomic E-state index is 5.84. The number of aromatic amines is 1. The molecule has 1 heterocycles. The minimum atomic E-state index is 0.440. The maximum absolute atomic E-state index is 5.84. The molecule has 5 heteroatoms. The van der Waals surface area contributed by atoms with Crippen LogP contribution in [0.2, 0.25) is 5.15 Å². The van der Waals surface area contributed by atoms with E-state index in [9.17, 15) is 0 Å². The highest BCUT2D eigenvalue weighted by Crippen LogP contribution is 2.24. The Balaban J connectivity index is 2.39. The third-order valence-electron chi connectivity index (χ3n) is 1.87. The average Bonchev–Trinajstić information content (AvgIpc) is 2.65. The summed E-state index contributed by atoms with van der Waals surface area (Å²) in [5, 5.41) is 10.5. The third-order valence-corrected chi connectivity index (χ3v) is 2.13. The molecule has 0 saturated heterocycles. The fourth-order valence-electron chi connectivity index (χ4n) is 1.15. The molecule has 14 heavy (non-hydrogen) atoms. The lowest BCUT2D eigenvalue weighted by molar-refractivity contribution is 0.415. The molecule has 0 aliphatic heterocycles. The summed E-state index contributed by atoms with van der Waals surface area (Å²) in [6, 6.07) is 7.45. The molecule has 72 valence electrons. The minimum absolute atomic E-state index is 0.440. The lowest BCUT2D eigenvalue weighted by atomic mass is 10.2. The van der Waals surface area contributed by atoms with Crippen molar-refractivity contribution in [1.29, 1.82) is 0 Å². The largest absolute Gasteiger partial charge is 0.497 e. The fraction of sp³-hybridized carbons (Fsp3) is 0.111. The fourth-order valence-corrected chi connectivity index (χ4v) is 1.33. The van der Waals surface area contributed by atoms with E-state index in [1.54, 1.807) is 7.11 Å². The standard InChI is InChI=1S/C9H8ClN3O/c1-14-7-4-2-6(3-5-7)8-9(10)12-13-11-8/h2-5H,1H3,(H,11,12,13). The number of H-pyrrole nitrogens is 1. The maximum Gasteiger partial charge on any atom is 0.152 e. The molecular formula is C9H8ClN3O. The van der Waals surface area contributed by atoms with Crippen molar-refractivity contribution >= 4 is 11.6 Å². The van der Waals surface area contributed by atoms with Gasteiger partial charge in [0.25, 0.3) is 0 Å². The first-order valence-electron chi connectivity index (χ1n) is 4.02. The Morgan fingerprint density at radius 3 is 2.50 bits per heavy atom. The van der Waals surface area contributed by atoms with Crippen molar-refractivity contribution in [2.24, 2.45) is 0 Å². The average molecular weight is 210 g/mol. The SMILES string of the molecule is COc1ccc(-c2nn[nH]c2Cl)cc1. The van der Waals surface area contributed by atoms with Gasteiger partial charge in [-0.15, -0.1) is 5.10 Å². The Morgan fingerprint density at radius 2 is 2.00 bits per heavy atom. The Hall–Kier alpha value is -1.55. The van der Waals surface area contributed by atoms with E-state index in [0.29, 0.717) is 10.8 Å². The summed E-state index contributed by atoms with van der Waals surface area (Å²) in [6.45, 7) is 0. The molecular weight excluding hydrogens is 202 g/mol. The molecule has 1 aromatic heterocycles. The van der Waals surface area contributed by atoms with Gasteiger partial charge in [-0.2, -0.15) is 0 Å². The van der Waals surface area contributed by atoms with Gasteiger partial charge in [0.2, 0.25) is 0 Å². The van der Waals surface area contributed by atoms with Crippen LogP contribution in [0.15, 0.2) is 24.3 Å². The third kappa shape index (κ3) is 1.56. The summed E-state index contributed by atoms with van der Waals surface area (Å²) in [6.07, 6.45) is 0. The second-order valence-corrected chi connectivity index (χ2v) is 3.08. The van der Waals surface area contributed by atoms with E-state index in [4.69, 9.17) is 16.3 Å². The van der Waals surface area contributed by atoms with Gasteiger partial charge in [-0.1, -0.05) is 16.8 Å². The van der Waals surface area contributed by atoms with Crippen molar-refractivity contribution in [2.45, 2.75) is 0 Å². The lowest BCUT2D eigenvalue weighted by Crippen LogP contribution is -1.83. The van der Waals surface area contributed by atoms with Gasteiger partial charge in [0.15, 0.2) is 5.15 Å². The smallest absolute Gasteiger partial charge is 0.152 e. The second-order valence-electron chi connectivity index (χ2n) is 2.70. The summed E-state index contributed by atoms with van der Waals surface area (Å²) in [5.74, 6) is 0.799. The number of aromatic nitrogens is 3. The van der Waals surface area contributed by atoms with Crippen molar-refractivity contribution in [3.05, 3.63) is 29.4 Å². The van der Waals surface area contributed by atoms with Gasteiger partial charge in [0.1, 0.15) is 11.4 Å². The molecule has 0 atom stereocenters. The molecule has 0 amide bonds. The molecule has 0 unspecified atom stereocenters. The summed E-state index contributed by atoms with van der Waals surface area (Å²) in [5.41, 5.74) is 1.55. The van der Waals surface area contributed by atoms with Crippen LogP contribution in [-0.4, -0.2) is 22.5 Å². The monoisotopic (exact) mass is 209 g/mol. The van der Waals surface area contributed by atoms with Crippen molar-refractivity contribution in [2.75, 3.05) is 7.11 Å². The number of halogens is 1. The van der Waals surface area contributed by atoms with Gasteiger partial charge in [-0.05, 0) is 24.3 Å². The Kier molecular flexibility index (Phi) is 2.37. The first kappa shape index (κ1) is 9.02. The predicted octanol–water partition coefficient (Wildman–Crippen LogP) is 2.13. The van der Waals surface area contributed by atoms with Gasteiger partial charge in [0.05, 0.1) is 7.11 Å². The first-order valence-corrected chi connectivity index (χ1v) is 4.40. The molecule has 0 spiro atoms. The highest BCUT2D eigenvalue weighted by Gasteiger charge is 2.06. The van der Waals surface area contributed by atoms with Crippen LogP contribution >= 0.6 is 11.6 Å². The Morgan fingerprint density at radius 1 is 1.29 bits per heavy atom. The van der Waals surface area contributed by atoms with Crippen LogP contribution in [0, 0.1) is 0 Å². The topological polar surface area (TPSA) is 50.8 Å². The van der Waals surface area contributed by atoms with Crippen molar-refractivity contribution in [3.8, 4) is 17.0 Å². The quantitative estimate of drug-likeness (QED) is 0.825. The number of hydrogen-bond acceptors (Lipinski definition) is 3. The van der Waals surface area contributed by atoms with E-state index < -0.39 is 0 Å². The van der Waals surface area contributed by atoms with Crippen LogP contribution in [0.3, 0.4) is 0 Å². The van der Waals surface area contributed by atoms with E-state index in [0.717, 1.165) is 11.3 Å². The molecule has 0 aliphatic rings. The number of benzene rings is 1. The van der Waals surface area contributed by atoms with Crippen molar-refractivity contribution < 1.29 is 4.74 Å². The Bertz CT molecular complexity index is 424. The zero-order valence-corrected chi connectivity index (χ0v) is 8.25. The number of hydrogen-bond donors (Lipinski definition) is 1. The minimum Gasteiger partial charge on any atom is -0.497 e. The summed E-state index contributed by atoms with van der Waals surface area (Å²) >= 11 is 5.84. The number of ether oxygens (including phenoxy) is 1. The van der Waals surface area contributed by atoms with Crippen LogP contribution in [0.1, 0.15) is 0 Å². The molecule has 0 aliphatic carbocycles. The number of nitrogens with one attached hydrogen (secondary N) is 1. The van der Waals surface area contributed by atoms with Gasteiger partial charge in [-0.25, -0.2) is 5.10 Å². The van der Waals surface area contributed by atoms with Crippen LogP contribution in [0.25, 0.3) is 11.3 Å². The summed E-state index contributed by atoms with van der Waals surface area (Å²) in [4.78, 5) is 0. The van der Waals surface area contributed by atoms with Crippen molar-refractivity contribution in [1.82, 2.24) is 15.4 Å². The van der Waals surface area contributed by atoms with Crippen LogP contribution in [-0.2, 0) is 0 Å². The van der Waals surface area contributed by atoms with E-state index in [1.807, 2.05) is 24.3 Å². The molecule has 0 fully saturated rings. The number of rotatable bonds is 2. The Labute approximate surface area is 85.9 Å². The highest BCUT2D eigenvalue weighted by atomic mass is 35.5. The van der Waals surface area contributed by atoms with E-state index in [1.165, 1.54) is 0 Å². The molecule has 2 aromatic rings. The number of nitrogens with zero attached hydrogens (tertiary/aromatic N) is 2. The number of methoxy groups -OCH3 is 1. The molecule has 4 nitrogen and oxygen atoms in total. The molecule has 0 radical (unpaired) electrons. The molecule has 2 rings (SSSR count). The summed E-state index contributed by atoms with van der Waals surface area (Å²) < 4.78 is 5.04. The van der Waals surface area contributed by atoms with Gasteiger partial charge < -0.3 is 4.74 Å². The van der Waals surface area contributed by atoms with Crippen LogP contribution in [0.4, 0.5) is 0 Å². The van der Waals surface area contributed by atoms with Gasteiger partial charge >= 0.3 is 0 Å². The molecule has 0 bridgehead atoms. The molecule has 1 aromatic carbocycles. The lowest BCUT2D eigenvalue weighted by Gasteiger charge is -2.00. The highest BCUT2D eigenvalue weighted by molar-refractivity contribution is 6.31. The van der Waals surface area contributed by atoms with E-state index >= 15 is 0 Å². The molecule has 0 saturated carbocycles. The van der Waals surface area contributed by atoms with E-state index in [2.05, 4.69) is 15.4 Å². The predicted molar refractivity (Wildman–Crippen MR) is 53.4 cm³/mol. The first-order chi connectivity index (χ1) is 6.81. The molecule has 1 N–H and O–H groups in total. The van der Waals surface area contributed by atoms with Crippen LogP contribution < -0.4 is 4.74 Å².